The van der Waals surface area contributed by atoms with E-state index in [0.29, 0.717) is 0 Å². The van der Waals surface area contributed by atoms with Crippen molar-refractivity contribution in [2.24, 2.45) is 0 Å². The molecule has 112 valence electrons. The Morgan fingerprint density at radius 1 is 1.15 bits per heavy atom. The van der Waals surface area contributed by atoms with Crippen molar-refractivity contribution in [2.45, 2.75) is 32.9 Å². The lowest BCUT2D eigenvalue weighted by atomic mass is 10.0. The third kappa shape index (κ3) is 3.66. The topological polar surface area (TPSA) is 18.5 Å². The summed E-state index contributed by atoms with van der Waals surface area (Å²) in [6.07, 6.45) is 0. The molecule has 20 heavy (non-hydrogen) atoms. The van der Waals surface area contributed by atoms with Gasteiger partial charge >= 0.3 is 0 Å². The van der Waals surface area contributed by atoms with E-state index in [2.05, 4.69) is 54.1 Å². The summed E-state index contributed by atoms with van der Waals surface area (Å²) in [6, 6.07) is 6.39. The average Bonchev–Trinajstić information content (AvgIpc) is 2.38. The molecule has 0 unspecified atom stereocenters. The van der Waals surface area contributed by atoms with Gasteiger partial charge in [0, 0.05) is 38.3 Å². The number of anilines is 1. The average molecular weight is 296 g/mol. The van der Waals surface area contributed by atoms with Gasteiger partial charge in [0.05, 0.1) is 10.7 Å². The molecule has 0 radical (unpaired) electrons. The van der Waals surface area contributed by atoms with Crippen LogP contribution in [0.3, 0.4) is 0 Å². The Kier molecular flexibility index (Phi) is 4.95. The summed E-state index contributed by atoms with van der Waals surface area (Å²) in [5, 5.41) is 4.02. The second-order valence-corrected chi connectivity index (χ2v) is 6.87. The highest BCUT2D eigenvalue weighted by Crippen LogP contribution is 2.28. The van der Waals surface area contributed by atoms with Crippen LogP contribution in [0.1, 0.15) is 26.3 Å². The summed E-state index contributed by atoms with van der Waals surface area (Å²) in [5.74, 6) is 0. The van der Waals surface area contributed by atoms with Crippen LogP contribution in [0.5, 0.6) is 0 Å². The van der Waals surface area contributed by atoms with Crippen molar-refractivity contribution < 1.29 is 0 Å². The Hall–Kier alpha value is -0.770. The predicted octanol–water partition coefficient (Wildman–Crippen LogP) is 2.98. The first-order valence-corrected chi connectivity index (χ1v) is 7.72. The first-order chi connectivity index (χ1) is 9.41. The lowest BCUT2D eigenvalue weighted by molar-refractivity contribution is 0.128. The van der Waals surface area contributed by atoms with Gasteiger partial charge in [0.15, 0.2) is 0 Å². The Morgan fingerprint density at radius 3 is 2.30 bits per heavy atom. The Balaban J connectivity index is 2.03. The number of halogens is 1. The van der Waals surface area contributed by atoms with Crippen LogP contribution < -0.4 is 10.2 Å². The van der Waals surface area contributed by atoms with Gasteiger partial charge in [-0.3, -0.25) is 4.90 Å². The molecule has 1 saturated heterocycles. The summed E-state index contributed by atoms with van der Waals surface area (Å²) < 4.78 is 0. The molecule has 1 aromatic rings. The zero-order chi connectivity index (χ0) is 14.8. The van der Waals surface area contributed by atoms with E-state index in [1.54, 1.807) is 0 Å². The van der Waals surface area contributed by atoms with Crippen molar-refractivity contribution in [3.05, 3.63) is 28.8 Å². The van der Waals surface area contributed by atoms with Crippen LogP contribution in [-0.2, 0) is 6.54 Å². The summed E-state index contributed by atoms with van der Waals surface area (Å²) >= 11 is 6.44. The van der Waals surface area contributed by atoms with Crippen LogP contribution in [0.25, 0.3) is 0 Å². The fraction of sp³-hybridized carbons (Fsp3) is 0.625. The molecule has 0 aliphatic carbocycles. The normalized spacial score (nSPS) is 17.6. The van der Waals surface area contributed by atoms with E-state index in [1.807, 2.05) is 7.05 Å². The molecule has 0 aromatic heterocycles. The van der Waals surface area contributed by atoms with E-state index >= 15 is 0 Å². The second-order valence-electron chi connectivity index (χ2n) is 6.46. The van der Waals surface area contributed by atoms with Crippen LogP contribution in [0, 0.1) is 0 Å². The molecule has 1 aliphatic heterocycles. The first-order valence-electron chi connectivity index (χ1n) is 7.35. The Morgan fingerprint density at radius 2 is 1.80 bits per heavy atom. The van der Waals surface area contributed by atoms with Gasteiger partial charge in [-0.2, -0.15) is 0 Å². The second kappa shape index (κ2) is 6.33. The van der Waals surface area contributed by atoms with E-state index in [-0.39, 0.29) is 5.54 Å². The molecule has 2 rings (SSSR count). The van der Waals surface area contributed by atoms with Crippen molar-refractivity contribution in [3.63, 3.8) is 0 Å². The number of piperazine rings is 1. The molecule has 0 saturated carbocycles. The Labute approximate surface area is 127 Å². The SMILES string of the molecule is CNCc1ccc(N2CCN(C(C)(C)C)CC2)c(Cl)c1. The molecule has 1 fully saturated rings. The molecular weight excluding hydrogens is 270 g/mol. The van der Waals surface area contributed by atoms with Gasteiger partial charge < -0.3 is 10.2 Å². The van der Waals surface area contributed by atoms with E-state index in [9.17, 15) is 0 Å². The van der Waals surface area contributed by atoms with Crippen LogP contribution >= 0.6 is 11.6 Å². The number of hydrogen-bond acceptors (Lipinski definition) is 3. The van der Waals surface area contributed by atoms with Gasteiger partial charge in [-0.15, -0.1) is 0 Å². The standard InChI is InChI=1S/C16H26ClN3/c1-16(2,3)20-9-7-19(8-10-20)15-6-5-13(12-18-4)11-14(15)17/h5-6,11,18H,7-10,12H2,1-4H3. The fourth-order valence-corrected chi connectivity index (χ4v) is 3.06. The molecule has 0 amide bonds. The van der Waals surface area contributed by atoms with Crippen molar-refractivity contribution in [1.82, 2.24) is 10.2 Å². The molecule has 1 heterocycles. The van der Waals surface area contributed by atoms with Gasteiger partial charge in [-0.1, -0.05) is 17.7 Å². The van der Waals surface area contributed by atoms with E-state index in [1.165, 1.54) is 11.3 Å². The van der Waals surface area contributed by atoms with Crippen LogP contribution in [0.15, 0.2) is 18.2 Å². The lowest BCUT2D eigenvalue weighted by Gasteiger charge is -2.43. The van der Waals surface area contributed by atoms with Crippen molar-refractivity contribution in [2.75, 3.05) is 38.1 Å². The fourth-order valence-electron chi connectivity index (χ4n) is 2.74. The summed E-state index contributed by atoms with van der Waals surface area (Å²) in [7, 11) is 1.95. The van der Waals surface area contributed by atoms with Crippen LogP contribution in [0.2, 0.25) is 5.02 Å². The molecule has 4 heteroatoms. The smallest absolute Gasteiger partial charge is 0.0642 e. The summed E-state index contributed by atoms with van der Waals surface area (Å²) in [6.45, 7) is 12.0. The molecule has 0 atom stereocenters. The maximum Gasteiger partial charge on any atom is 0.0642 e. The van der Waals surface area contributed by atoms with Crippen molar-refractivity contribution >= 4 is 17.3 Å². The third-order valence-corrected chi connectivity index (χ3v) is 4.26. The maximum absolute atomic E-state index is 6.44. The molecule has 3 nitrogen and oxygen atoms in total. The minimum absolute atomic E-state index is 0.256. The van der Waals surface area contributed by atoms with Crippen molar-refractivity contribution in [3.8, 4) is 0 Å². The summed E-state index contributed by atoms with van der Waals surface area (Å²) in [4.78, 5) is 4.93. The van der Waals surface area contributed by atoms with Gasteiger partial charge in [0.2, 0.25) is 0 Å². The number of nitrogens with one attached hydrogen (secondary N) is 1. The highest BCUT2D eigenvalue weighted by molar-refractivity contribution is 6.33. The molecular formula is C16H26ClN3. The minimum Gasteiger partial charge on any atom is -0.368 e. The zero-order valence-electron chi connectivity index (χ0n) is 13.0. The largest absolute Gasteiger partial charge is 0.368 e. The third-order valence-electron chi connectivity index (χ3n) is 3.96. The quantitative estimate of drug-likeness (QED) is 0.925. The first kappa shape index (κ1) is 15.6. The molecule has 1 aromatic carbocycles. The van der Waals surface area contributed by atoms with E-state index in [4.69, 9.17) is 11.6 Å². The maximum atomic E-state index is 6.44. The predicted molar refractivity (Wildman–Crippen MR) is 87.8 cm³/mol. The van der Waals surface area contributed by atoms with E-state index < -0.39 is 0 Å². The van der Waals surface area contributed by atoms with Gasteiger partial charge in [-0.25, -0.2) is 0 Å². The van der Waals surface area contributed by atoms with Gasteiger partial charge in [-0.05, 0) is 45.5 Å². The minimum atomic E-state index is 0.256. The van der Waals surface area contributed by atoms with Crippen LogP contribution in [0.4, 0.5) is 5.69 Å². The lowest BCUT2D eigenvalue weighted by Crippen LogP contribution is -2.53. The number of hydrogen-bond donors (Lipinski definition) is 1. The number of nitrogens with zero attached hydrogens (tertiary/aromatic N) is 2. The highest BCUT2D eigenvalue weighted by Gasteiger charge is 2.26. The molecule has 1 aliphatic rings. The molecule has 0 spiro atoms. The van der Waals surface area contributed by atoms with E-state index in [0.717, 1.165) is 37.7 Å². The number of benzene rings is 1. The monoisotopic (exact) mass is 295 g/mol. The van der Waals surface area contributed by atoms with Gasteiger partial charge in [0.1, 0.15) is 0 Å². The van der Waals surface area contributed by atoms with Crippen LogP contribution in [-0.4, -0.2) is 43.7 Å². The highest BCUT2D eigenvalue weighted by atomic mass is 35.5. The van der Waals surface area contributed by atoms with Crippen molar-refractivity contribution in [1.29, 1.82) is 0 Å². The molecule has 1 N–H and O–H groups in total. The number of rotatable bonds is 3. The zero-order valence-corrected chi connectivity index (χ0v) is 13.8. The molecule has 0 bridgehead atoms. The Bertz CT molecular complexity index is 446. The van der Waals surface area contributed by atoms with Gasteiger partial charge in [0.25, 0.3) is 0 Å². The summed E-state index contributed by atoms with van der Waals surface area (Å²) in [5.41, 5.74) is 2.65.